The van der Waals surface area contributed by atoms with Crippen LogP contribution in [0.1, 0.15) is 83.4 Å². The molecule has 222 valence electrons. The van der Waals surface area contributed by atoms with Gasteiger partial charge in [-0.3, -0.25) is 4.99 Å². The lowest BCUT2D eigenvalue weighted by atomic mass is 9.77. The Morgan fingerprint density at radius 3 is 2.75 bits per heavy atom. The van der Waals surface area contributed by atoms with Crippen LogP contribution in [0.2, 0.25) is 0 Å². The maximum Gasteiger partial charge on any atom is 0.335 e. The molecule has 9 heteroatoms. The highest BCUT2D eigenvalue weighted by Gasteiger charge is 2.57. The van der Waals surface area contributed by atoms with E-state index in [-0.39, 0.29) is 29.1 Å². The fourth-order valence-corrected chi connectivity index (χ4v) is 7.00. The Labute approximate surface area is 254 Å². The fraction of sp³-hybridized carbons (Fsp3) is 0.343. The van der Waals surface area contributed by atoms with Gasteiger partial charge >= 0.3 is 5.97 Å². The van der Waals surface area contributed by atoms with Crippen LogP contribution in [-0.2, 0) is 13.2 Å². The smallest absolute Gasteiger partial charge is 0.335 e. The van der Waals surface area contributed by atoms with Gasteiger partial charge in [0.1, 0.15) is 18.2 Å². The molecule has 2 aromatic heterocycles. The Hall–Kier alpha value is -4.84. The van der Waals surface area contributed by atoms with E-state index in [2.05, 4.69) is 15.6 Å². The molecule has 1 N–H and O–H groups in total. The minimum atomic E-state index is -0.936. The zero-order valence-corrected chi connectivity index (χ0v) is 24.2. The number of aromatic nitrogens is 3. The number of carboxylic acid groups (broad SMARTS) is 1. The summed E-state index contributed by atoms with van der Waals surface area (Å²) in [5, 5.41) is 18.6. The first-order valence-electron chi connectivity index (χ1n) is 15.1. The zero-order chi connectivity index (χ0) is 30.3. The average molecular weight is 590 g/mol. The topological polar surface area (TPSA) is 113 Å². The number of fused-ring (bicyclic) bond motifs is 1. The molecule has 7 rings (SSSR count). The van der Waals surface area contributed by atoms with Gasteiger partial charge in [0.25, 0.3) is 0 Å². The van der Waals surface area contributed by atoms with Gasteiger partial charge in [-0.1, -0.05) is 18.2 Å². The Bertz CT molecular complexity index is 1850. The number of carboxylic acids is 1. The first kappa shape index (κ1) is 28.0. The van der Waals surface area contributed by atoms with E-state index in [0.717, 1.165) is 67.6 Å². The van der Waals surface area contributed by atoms with Crippen LogP contribution in [0, 0.1) is 28.5 Å². The van der Waals surface area contributed by atoms with E-state index >= 15 is 0 Å². The molecule has 8 nitrogen and oxygen atoms in total. The van der Waals surface area contributed by atoms with Crippen LogP contribution < -0.4 is 4.74 Å². The van der Waals surface area contributed by atoms with Gasteiger partial charge in [-0.2, -0.15) is 5.26 Å². The molecule has 2 aromatic carbocycles. The molecular weight excluding hydrogens is 557 g/mol. The van der Waals surface area contributed by atoms with E-state index in [1.54, 1.807) is 30.3 Å². The van der Waals surface area contributed by atoms with Crippen molar-refractivity contribution in [1.82, 2.24) is 14.5 Å². The normalized spacial score (nSPS) is 24.0. The van der Waals surface area contributed by atoms with Crippen LogP contribution in [0.4, 0.5) is 4.39 Å². The van der Waals surface area contributed by atoms with Crippen molar-refractivity contribution in [1.29, 1.82) is 5.26 Å². The van der Waals surface area contributed by atoms with Crippen LogP contribution >= 0.6 is 0 Å². The molecule has 0 amide bonds. The Balaban J connectivity index is 1.05. The predicted octanol–water partition coefficient (Wildman–Crippen LogP) is 7.16. The van der Waals surface area contributed by atoms with Crippen molar-refractivity contribution in [3.63, 3.8) is 0 Å². The molecule has 3 heterocycles. The number of carbonyl (C=O) groups is 1. The van der Waals surface area contributed by atoms with E-state index in [1.165, 1.54) is 6.07 Å². The quantitative estimate of drug-likeness (QED) is 0.233. The van der Waals surface area contributed by atoms with Gasteiger partial charge in [0.2, 0.25) is 5.88 Å². The molecule has 1 spiro atoms. The van der Waals surface area contributed by atoms with Crippen LogP contribution in [0.15, 0.2) is 71.9 Å². The Morgan fingerprint density at radius 1 is 1.14 bits per heavy atom. The molecule has 1 aliphatic heterocycles. The second-order valence-electron chi connectivity index (χ2n) is 12.3. The van der Waals surface area contributed by atoms with Gasteiger partial charge in [0.05, 0.1) is 28.2 Å². The minimum absolute atomic E-state index is 0.0431. The third-order valence-electron chi connectivity index (χ3n) is 9.57. The molecule has 0 bridgehead atoms. The lowest BCUT2D eigenvalue weighted by molar-refractivity contribution is 0.0697. The number of nitrogens with zero attached hydrogens (tertiary/aromatic N) is 5. The van der Waals surface area contributed by atoms with Gasteiger partial charge in [-0.05, 0) is 80.3 Å². The first-order valence-corrected chi connectivity index (χ1v) is 15.1. The summed E-state index contributed by atoms with van der Waals surface area (Å²) in [5.74, 6) is 1.03. The number of rotatable bonds is 8. The molecule has 2 aliphatic carbocycles. The molecule has 3 aliphatic rings. The van der Waals surface area contributed by atoms with Gasteiger partial charge in [-0.25, -0.2) is 19.2 Å². The first-order chi connectivity index (χ1) is 21.4. The summed E-state index contributed by atoms with van der Waals surface area (Å²) in [6, 6.07) is 17.3. The van der Waals surface area contributed by atoms with E-state index in [0.29, 0.717) is 23.3 Å². The van der Waals surface area contributed by atoms with E-state index in [1.807, 2.05) is 36.7 Å². The number of benzene rings is 2. The van der Waals surface area contributed by atoms with Crippen LogP contribution in [-0.4, -0.2) is 31.8 Å². The van der Waals surface area contributed by atoms with Gasteiger partial charge in [0.15, 0.2) is 0 Å². The highest BCUT2D eigenvalue weighted by molar-refractivity contribution is 5.92. The van der Waals surface area contributed by atoms with Crippen molar-refractivity contribution >= 4 is 23.2 Å². The van der Waals surface area contributed by atoms with E-state index in [4.69, 9.17) is 20.0 Å². The molecule has 0 saturated heterocycles. The molecular formula is C35H32FN5O3. The SMILES string of the molecule is N#Cc1ccc(COc2cccc(C3CCC4(CC3)CC4c3nc4ccc(C(=O)O)cc4n3CC3C=NC=CC3)n2)c(F)c1. The lowest BCUT2D eigenvalue weighted by Gasteiger charge is -2.29. The highest BCUT2D eigenvalue weighted by Crippen LogP contribution is 2.67. The number of imidazole rings is 1. The summed E-state index contributed by atoms with van der Waals surface area (Å²) in [4.78, 5) is 25.9. The number of hydrogen-bond acceptors (Lipinski definition) is 6. The number of allylic oxidation sites excluding steroid dienone is 1. The minimum Gasteiger partial charge on any atom is -0.478 e. The number of nitriles is 1. The maximum atomic E-state index is 14.3. The second kappa shape index (κ2) is 11.3. The molecule has 2 unspecified atom stereocenters. The third kappa shape index (κ3) is 5.37. The fourth-order valence-electron chi connectivity index (χ4n) is 7.00. The highest BCUT2D eigenvalue weighted by atomic mass is 19.1. The summed E-state index contributed by atoms with van der Waals surface area (Å²) >= 11 is 0. The monoisotopic (exact) mass is 589 g/mol. The zero-order valence-electron chi connectivity index (χ0n) is 24.2. The Kier molecular flexibility index (Phi) is 7.21. The number of pyridine rings is 1. The molecule has 44 heavy (non-hydrogen) atoms. The number of aliphatic imine (C=N–C) groups is 1. The van der Waals surface area contributed by atoms with Gasteiger partial charge in [-0.15, -0.1) is 0 Å². The third-order valence-corrected chi connectivity index (χ3v) is 9.57. The van der Waals surface area contributed by atoms with Crippen molar-refractivity contribution in [2.24, 2.45) is 16.3 Å². The summed E-state index contributed by atoms with van der Waals surface area (Å²) in [6.45, 7) is 0.766. The van der Waals surface area contributed by atoms with Crippen LogP contribution in [0.25, 0.3) is 11.0 Å². The summed E-state index contributed by atoms with van der Waals surface area (Å²) in [6.07, 6.45) is 12.0. The standard InChI is InChI=1S/C35H32FN5O3/c36-28-15-22(18-37)6-7-26(28)21-44-32-5-1-4-29(39-32)24-10-12-35(13-11-24)17-27(35)33-40-30-9-8-25(34(42)43)16-31(30)41(33)20-23-3-2-14-38-19-23/h1-2,4-9,14-16,19,23-24,27H,3,10-13,17,20-21H2,(H,42,43). The molecule has 4 aromatic rings. The average Bonchev–Trinajstić information content (AvgIpc) is 3.62. The number of hydrogen-bond donors (Lipinski definition) is 1. The molecule has 2 saturated carbocycles. The lowest BCUT2D eigenvalue weighted by Crippen LogP contribution is -2.19. The van der Waals surface area contributed by atoms with Crippen molar-refractivity contribution in [2.75, 3.05) is 0 Å². The number of halogens is 1. The summed E-state index contributed by atoms with van der Waals surface area (Å²) in [7, 11) is 0. The largest absolute Gasteiger partial charge is 0.478 e. The van der Waals surface area contributed by atoms with Crippen molar-refractivity contribution in [3.05, 3.63) is 101 Å². The van der Waals surface area contributed by atoms with Crippen LogP contribution in [0.3, 0.4) is 0 Å². The number of ether oxygens (including phenoxy) is 1. The number of aromatic carboxylic acids is 1. The van der Waals surface area contributed by atoms with Crippen molar-refractivity contribution < 1.29 is 19.0 Å². The van der Waals surface area contributed by atoms with Gasteiger partial charge in [0, 0.05) is 54.0 Å². The predicted molar refractivity (Wildman–Crippen MR) is 163 cm³/mol. The summed E-state index contributed by atoms with van der Waals surface area (Å²) < 4.78 is 22.4. The van der Waals surface area contributed by atoms with Gasteiger partial charge < -0.3 is 14.4 Å². The second-order valence-corrected chi connectivity index (χ2v) is 12.3. The van der Waals surface area contributed by atoms with Crippen molar-refractivity contribution in [2.45, 2.75) is 63.5 Å². The summed E-state index contributed by atoms with van der Waals surface area (Å²) in [5.41, 5.74) is 3.84. The van der Waals surface area contributed by atoms with Crippen molar-refractivity contribution in [3.8, 4) is 11.9 Å². The van der Waals surface area contributed by atoms with E-state index < -0.39 is 11.8 Å². The van der Waals surface area contributed by atoms with E-state index in [9.17, 15) is 14.3 Å². The molecule has 2 atom stereocenters. The maximum absolute atomic E-state index is 14.3. The molecule has 0 radical (unpaired) electrons. The Morgan fingerprint density at radius 2 is 2.00 bits per heavy atom. The van der Waals surface area contributed by atoms with Crippen LogP contribution in [0.5, 0.6) is 5.88 Å². The molecule has 2 fully saturated rings.